The summed E-state index contributed by atoms with van der Waals surface area (Å²) < 4.78 is 19.0. The summed E-state index contributed by atoms with van der Waals surface area (Å²) in [5.41, 5.74) is 7.93. The Hall–Kier alpha value is -4.21. The van der Waals surface area contributed by atoms with Gasteiger partial charge in [-0.15, -0.1) is 0 Å². The van der Waals surface area contributed by atoms with Gasteiger partial charge in [0.1, 0.15) is 17.9 Å². The summed E-state index contributed by atoms with van der Waals surface area (Å²) >= 11 is 0. The van der Waals surface area contributed by atoms with Crippen molar-refractivity contribution in [1.29, 1.82) is 0 Å². The number of carbonyl (C=O) groups is 1. The molecule has 0 radical (unpaired) electrons. The van der Waals surface area contributed by atoms with Gasteiger partial charge in [0.25, 0.3) is 0 Å². The van der Waals surface area contributed by atoms with Crippen LogP contribution >= 0.6 is 0 Å². The van der Waals surface area contributed by atoms with Crippen LogP contribution in [0.3, 0.4) is 0 Å². The van der Waals surface area contributed by atoms with Crippen molar-refractivity contribution in [2.75, 3.05) is 32.9 Å². The molecule has 218 valence electrons. The van der Waals surface area contributed by atoms with Gasteiger partial charge in [-0.05, 0) is 79.6 Å². The molecule has 0 spiro atoms. The first-order chi connectivity index (χ1) is 20.4. The van der Waals surface area contributed by atoms with E-state index in [-0.39, 0.29) is 11.4 Å². The number of para-hydroxylation sites is 1. The van der Waals surface area contributed by atoms with Crippen LogP contribution in [0.15, 0.2) is 54.7 Å². The molecule has 9 nitrogen and oxygen atoms in total. The normalized spacial score (nSPS) is 15.5. The average molecular weight is 569 g/mol. The predicted octanol–water partition coefficient (Wildman–Crippen LogP) is 5.03. The fraction of sp³-hybridized carbons (Fsp3) is 0.364. The summed E-state index contributed by atoms with van der Waals surface area (Å²) in [6.45, 7) is 10.6. The Kier molecular flexibility index (Phi) is 7.95. The number of benzene rings is 2. The third-order valence-electron chi connectivity index (χ3n) is 8.31. The monoisotopic (exact) mass is 568 g/mol. The van der Waals surface area contributed by atoms with E-state index >= 15 is 0 Å². The molecular weight excluding hydrogens is 532 g/mol. The van der Waals surface area contributed by atoms with E-state index in [2.05, 4.69) is 29.1 Å². The summed E-state index contributed by atoms with van der Waals surface area (Å²) in [5.74, 6) is 0.274. The lowest BCUT2D eigenvalue weighted by Gasteiger charge is -2.36. The van der Waals surface area contributed by atoms with Crippen LogP contribution in [-0.2, 0) is 24.2 Å². The van der Waals surface area contributed by atoms with E-state index in [9.17, 15) is 9.90 Å². The molecule has 2 aromatic heterocycles. The Balaban J connectivity index is 1.26. The molecule has 2 aromatic carbocycles. The predicted molar refractivity (Wildman–Crippen MR) is 159 cm³/mol. The molecule has 6 rings (SSSR count). The van der Waals surface area contributed by atoms with Gasteiger partial charge < -0.3 is 19.3 Å². The quantitative estimate of drug-likeness (QED) is 0.300. The zero-order valence-electron chi connectivity index (χ0n) is 24.3. The van der Waals surface area contributed by atoms with Crippen LogP contribution in [0.25, 0.3) is 17.1 Å². The van der Waals surface area contributed by atoms with Crippen LogP contribution < -0.4 is 9.47 Å². The smallest absolute Gasteiger partial charge is 0.342 e. The van der Waals surface area contributed by atoms with E-state index in [0.717, 1.165) is 56.0 Å². The number of aromatic carboxylic acids is 1. The van der Waals surface area contributed by atoms with Crippen molar-refractivity contribution < 1.29 is 24.1 Å². The third kappa shape index (κ3) is 5.37. The van der Waals surface area contributed by atoms with E-state index in [1.807, 2.05) is 37.3 Å². The number of carboxylic acids is 1. The Bertz CT molecular complexity index is 1610. The number of rotatable bonds is 9. The lowest BCUT2D eigenvalue weighted by molar-refractivity contribution is -0.0634. The fourth-order valence-corrected chi connectivity index (χ4v) is 5.84. The Labute approximate surface area is 245 Å². The highest BCUT2D eigenvalue weighted by Gasteiger charge is 2.28. The van der Waals surface area contributed by atoms with Crippen LogP contribution in [-0.4, -0.2) is 69.7 Å². The van der Waals surface area contributed by atoms with E-state index in [0.29, 0.717) is 30.8 Å². The van der Waals surface area contributed by atoms with Crippen molar-refractivity contribution >= 4 is 5.97 Å². The van der Waals surface area contributed by atoms with Crippen molar-refractivity contribution in [1.82, 2.24) is 19.7 Å². The molecule has 0 atom stereocenters. The molecule has 0 bridgehead atoms. The molecule has 0 aliphatic carbocycles. The second-order valence-corrected chi connectivity index (χ2v) is 10.8. The van der Waals surface area contributed by atoms with Gasteiger partial charge in [0.15, 0.2) is 5.82 Å². The number of aryl methyl sites for hydroxylation is 1. The van der Waals surface area contributed by atoms with Gasteiger partial charge in [-0.25, -0.2) is 9.78 Å². The molecule has 2 aliphatic rings. The first-order valence-electron chi connectivity index (χ1n) is 14.5. The largest absolute Gasteiger partial charge is 0.488 e. The maximum Gasteiger partial charge on any atom is 0.342 e. The number of hydrogen-bond donors (Lipinski definition) is 1. The minimum atomic E-state index is -1.10. The molecule has 9 heteroatoms. The zero-order valence-corrected chi connectivity index (χ0v) is 24.3. The number of nitrogens with zero attached hydrogens (tertiary/aromatic N) is 4. The Morgan fingerprint density at radius 3 is 2.62 bits per heavy atom. The van der Waals surface area contributed by atoms with Gasteiger partial charge in [0.2, 0.25) is 5.88 Å². The fourth-order valence-electron chi connectivity index (χ4n) is 5.84. The van der Waals surface area contributed by atoms with Gasteiger partial charge >= 0.3 is 5.97 Å². The van der Waals surface area contributed by atoms with Crippen molar-refractivity contribution in [3.63, 3.8) is 0 Å². The maximum absolute atomic E-state index is 11.7. The molecule has 4 aromatic rings. The van der Waals surface area contributed by atoms with E-state index < -0.39 is 5.97 Å². The van der Waals surface area contributed by atoms with Crippen molar-refractivity contribution in [3.8, 4) is 28.7 Å². The maximum atomic E-state index is 11.7. The van der Waals surface area contributed by atoms with Crippen molar-refractivity contribution in [2.45, 2.75) is 46.3 Å². The first-order valence-corrected chi connectivity index (χ1v) is 14.5. The van der Waals surface area contributed by atoms with Gasteiger partial charge in [-0.3, -0.25) is 4.90 Å². The average Bonchev–Trinajstić information content (AvgIpc) is 3.27. The summed E-state index contributed by atoms with van der Waals surface area (Å²) in [7, 11) is 0. The minimum absolute atomic E-state index is 0.00971. The lowest BCUT2D eigenvalue weighted by Crippen LogP contribution is -2.49. The number of fused-ring (bicyclic) bond motifs is 1. The first kappa shape index (κ1) is 27.9. The minimum Gasteiger partial charge on any atom is -0.488 e. The van der Waals surface area contributed by atoms with E-state index in [1.54, 1.807) is 13.0 Å². The summed E-state index contributed by atoms with van der Waals surface area (Å²) in [6, 6.07) is 16.6. The third-order valence-corrected chi connectivity index (χ3v) is 8.31. The number of hydrogen-bond acceptors (Lipinski definition) is 7. The molecule has 1 N–H and O–H groups in total. The van der Waals surface area contributed by atoms with Crippen LogP contribution in [0.2, 0.25) is 0 Å². The molecule has 4 heterocycles. The van der Waals surface area contributed by atoms with Crippen molar-refractivity contribution in [3.05, 3.63) is 88.1 Å². The molecule has 1 saturated heterocycles. The molecular formula is C33H36N4O5. The number of carboxylic acid groups (broad SMARTS) is 1. The van der Waals surface area contributed by atoms with Gasteiger partial charge in [-0.1, -0.05) is 30.3 Å². The van der Waals surface area contributed by atoms with E-state index in [4.69, 9.17) is 19.2 Å². The van der Waals surface area contributed by atoms with Gasteiger partial charge in [0.05, 0.1) is 37.8 Å². The van der Waals surface area contributed by atoms with Crippen LogP contribution in [0.4, 0.5) is 0 Å². The number of ether oxygens (including phenoxy) is 3. The topological polar surface area (TPSA) is 98.9 Å². The van der Waals surface area contributed by atoms with Crippen molar-refractivity contribution in [2.24, 2.45) is 0 Å². The lowest BCUT2D eigenvalue weighted by atomic mass is 9.94. The highest BCUT2D eigenvalue weighted by atomic mass is 16.5. The molecule has 42 heavy (non-hydrogen) atoms. The molecule has 0 saturated carbocycles. The Morgan fingerprint density at radius 1 is 1.05 bits per heavy atom. The van der Waals surface area contributed by atoms with Crippen LogP contribution in [0.5, 0.6) is 11.6 Å². The van der Waals surface area contributed by atoms with Gasteiger partial charge in [-0.2, -0.15) is 9.78 Å². The second-order valence-electron chi connectivity index (χ2n) is 10.8. The second kappa shape index (κ2) is 12.0. The Morgan fingerprint density at radius 2 is 1.86 bits per heavy atom. The molecule has 1 fully saturated rings. The van der Waals surface area contributed by atoms with Crippen LogP contribution in [0.1, 0.15) is 45.1 Å². The molecule has 2 aliphatic heterocycles. The van der Waals surface area contributed by atoms with E-state index in [1.165, 1.54) is 33.1 Å². The summed E-state index contributed by atoms with van der Waals surface area (Å²) in [4.78, 5) is 19.1. The number of pyridine rings is 1. The highest BCUT2D eigenvalue weighted by Crippen LogP contribution is 2.34. The zero-order chi connectivity index (χ0) is 29.2. The van der Waals surface area contributed by atoms with Gasteiger partial charge in [0, 0.05) is 18.7 Å². The van der Waals surface area contributed by atoms with Crippen LogP contribution in [0, 0.1) is 13.8 Å². The standard InChI is InChI=1S/C33H36N4O5/c1-4-41-32-28(33(38)39)17-34-37(32)30-10-6-9-29(35-30)27-8-5-7-21(2)31(27)42-18-24-12-11-23-13-15-36(25-19-40-20-25)16-14-26(23)22(24)3/h5-12,17,25H,4,13-16,18-20H2,1-3H3,(H,38,39). The molecule has 0 unspecified atom stereocenters. The number of aromatic nitrogens is 3. The SMILES string of the molecule is CCOc1c(C(=O)O)cnn1-c1cccc(-c2cccc(C)c2OCc2ccc3c(c2C)CCN(C2COC2)CC3)n1. The molecule has 0 amide bonds. The summed E-state index contributed by atoms with van der Waals surface area (Å²) in [5, 5.41) is 13.8. The summed E-state index contributed by atoms with van der Waals surface area (Å²) in [6.07, 6.45) is 3.39. The highest BCUT2D eigenvalue weighted by molar-refractivity contribution is 5.90.